The molecule has 66 valence electrons. The van der Waals surface area contributed by atoms with Gasteiger partial charge in [-0.2, -0.15) is 8.42 Å². The second kappa shape index (κ2) is 3.93. The molecule has 1 atom stereocenters. The number of thiol groups is 1. The molecule has 1 unspecified atom stereocenters. The number of carbonyl (C=O) groups is 1. The highest BCUT2D eigenvalue weighted by molar-refractivity contribution is 7.96. The molecule has 0 rings (SSSR count). The van der Waals surface area contributed by atoms with Crippen LogP contribution in [0.2, 0.25) is 0 Å². The molecule has 7 heteroatoms. The minimum Gasteiger partial charge on any atom is -0.329 e. The van der Waals surface area contributed by atoms with Gasteiger partial charge in [-0.25, -0.2) is 0 Å². The molecule has 0 saturated heterocycles. The normalized spacial score (nSPS) is 14.1. The Morgan fingerprint density at radius 3 is 2.27 bits per heavy atom. The fraction of sp³-hybridized carbons (Fsp3) is 0.750. The predicted octanol–water partition coefficient (Wildman–Crippen LogP) is 0.250. The molecule has 0 aromatic rings. The van der Waals surface area contributed by atoms with Crippen molar-refractivity contribution in [3.8, 4) is 0 Å². The summed E-state index contributed by atoms with van der Waals surface area (Å²) in [6.45, 7) is 1.52. The lowest BCUT2D eigenvalue weighted by molar-refractivity contribution is 0.259. The molecule has 0 saturated carbocycles. The van der Waals surface area contributed by atoms with E-state index >= 15 is 0 Å². The summed E-state index contributed by atoms with van der Waals surface area (Å²) in [6, 6.07) is 0. The standard InChI is InChI=1S/C4H9NO4S2/c1-2-3(5-4(6)10)11(7,8)9/h3H,2H2,1H3,(H2,5,6,10)(H,7,8,9). The first kappa shape index (κ1) is 10.7. The number of rotatable bonds is 3. The van der Waals surface area contributed by atoms with Crippen LogP contribution in [0.15, 0.2) is 0 Å². The topological polar surface area (TPSA) is 83.5 Å². The van der Waals surface area contributed by atoms with Gasteiger partial charge < -0.3 is 5.32 Å². The average molecular weight is 199 g/mol. The molecule has 2 N–H and O–H groups in total. The number of amides is 1. The number of nitrogens with one attached hydrogen (secondary N) is 1. The van der Waals surface area contributed by atoms with E-state index in [-0.39, 0.29) is 6.42 Å². The lowest BCUT2D eigenvalue weighted by atomic mass is 10.5. The first-order valence-corrected chi connectivity index (χ1v) is 4.78. The first-order chi connectivity index (χ1) is 4.88. The van der Waals surface area contributed by atoms with E-state index in [1.165, 1.54) is 6.92 Å². The summed E-state index contributed by atoms with van der Waals surface area (Å²) in [5.41, 5.74) is 0. The number of hydrogen-bond acceptors (Lipinski definition) is 3. The van der Waals surface area contributed by atoms with Gasteiger partial charge in [-0.1, -0.05) is 19.6 Å². The van der Waals surface area contributed by atoms with Crippen LogP contribution in [0.3, 0.4) is 0 Å². The van der Waals surface area contributed by atoms with Crippen molar-refractivity contribution in [1.82, 2.24) is 5.32 Å². The van der Waals surface area contributed by atoms with Crippen molar-refractivity contribution < 1.29 is 17.8 Å². The van der Waals surface area contributed by atoms with Gasteiger partial charge in [0.1, 0.15) is 0 Å². The van der Waals surface area contributed by atoms with Crippen molar-refractivity contribution in [3.63, 3.8) is 0 Å². The van der Waals surface area contributed by atoms with Crippen molar-refractivity contribution >= 4 is 28.0 Å². The van der Waals surface area contributed by atoms with Gasteiger partial charge in [0, 0.05) is 0 Å². The maximum Gasteiger partial charge on any atom is 0.286 e. The molecule has 0 spiro atoms. The molecule has 0 fully saturated rings. The fourth-order valence-electron chi connectivity index (χ4n) is 0.525. The van der Waals surface area contributed by atoms with Gasteiger partial charge in [0.15, 0.2) is 5.37 Å². The Labute approximate surface area is 70.3 Å². The van der Waals surface area contributed by atoms with Gasteiger partial charge in [0.05, 0.1) is 0 Å². The first-order valence-electron chi connectivity index (χ1n) is 2.83. The molecular weight excluding hydrogens is 190 g/mol. The number of carbonyl (C=O) groups excluding carboxylic acids is 1. The largest absolute Gasteiger partial charge is 0.329 e. The smallest absolute Gasteiger partial charge is 0.286 e. The van der Waals surface area contributed by atoms with Crippen LogP contribution in [0.1, 0.15) is 13.3 Å². The van der Waals surface area contributed by atoms with E-state index < -0.39 is 20.7 Å². The summed E-state index contributed by atoms with van der Waals surface area (Å²) < 4.78 is 29.3. The van der Waals surface area contributed by atoms with E-state index in [0.717, 1.165) is 0 Å². The van der Waals surface area contributed by atoms with Gasteiger partial charge >= 0.3 is 0 Å². The molecule has 1 amide bonds. The molecule has 0 aliphatic carbocycles. The fourth-order valence-corrected chi connectivity index (χ4v) is 1.45. The summed E-state index contributed by atoms with van der Waals surface area (Å²) in [5, 5.41) is -0.0830. The van der Waals surface area contributed by atoms with Crippen LogP contribution in [0.25, 0.3) is 0 Å². The average Bonchev–Trinajstić information content (AvgIpc) is 1.79. The van der Waals surface area contributed by atoms with Gasteiger partial charge in [-0.3, -0.25) is 9.35 Å². The molecular formula is C4H9NO4S2. The summed E-state index contributed by atoms with van der Waals surface area (Å²) in [7, 11) is -4.19. The third kappa shape index (κ3) is 4.23. The zero-order valence-corrected chi connectivity index (χ0v) is 7.52. The SMILES string of the molecule is CCC(NC(=O)S)S(=O)(=O)O. The van der Waals surface area contributed by atoms with Crippen molar-refractivity contribution in [3.05, 3.63) is 0 Å². The Bertz CT molecular complexity index is 234. The lowest BCUT2D eigenvalue weighted by Crippen LogP contribution is -2.37. The molecule has 11 heavy (non-hydrogen) atoms. The Kier molecular flexibility index (Phi) is 3.84. The summed E-state index contributed by atoms with van der Waals surface area (Å²) in [6.07, 6.45) is 0.102. The van der Waals surface area contributed by atoms with E-state index in [0.29, 0.717) is 0 Å². The summed E-state index contributed by atoms with van der Waals surface area (Å²) >= 11 is 3.30. The van der Waals surface area contributed by atoms with E-state index in [2.05, 4.69) is 12.6 Å². The Hall–Kier alpha value is -0.270. The van der Waals surface area contributed by atoms with Gasteiger partial charge in [0.25, 0.3) is 15.4 Å². The highest BCUT2D eigenvalue weighted by Crippen LogP contribution is 2.00. The maximum atomic E-state index is 10.4. The Balaban J connectivity index is 4.31. The maximum absolute atomic E-state index is 10.4. The minimum atomic E-state index is -4.19. The molecule has 0 aliphatic heterocycles. The van der Waals surface area contributed by atoms with E-state index in [9.17, 15) is 13.2 Å². The molecule has 5 nitrogen and oxygen atoms in total. The molecule has 0 radical (unpaired) electrons. The highest BCUT2D eigenvalue weighted by atomic mass is 32.2. The molecule has 0 aliphatic rings. The second-order valence-corrected chi connectivity index (χ2v) is 3.87. The highest BCUT2D eigenvalue weighted by Gasteiger charge is 2.21. The van der Waals surface area contributed by atoms with Gasteiger partial charge in [-0.15, -0.1) is 0 Å². The van der Waals surface area contributed by atoms with Crippen molar-refractivity contribution in [2.75, 3.05) is 0 Å². The monoisotopic (exact) mass is 199 g/mol. The van der Waals surface area contributed by atoms with Crippen molar-refractivity contribution in [2.45, 2.75) is 18.7 Å². The van der Waals surface area contributed by atoms with Crippen molar-refractivity contribution in [1.29, 1.82) is 0 Å². The van der Waals surface area contributed by atoms with E-state index in [1.807, 2.05) is 5.32 Å². The third-order valence-corrected chi connectivity index (χ3v) is 2.31. The van der Waals surface area contributed by atoms with Crippen LogP contribution in [0.4, 0.5) is 4.79 Å². The van der Waals surface area contributed by atoms with E-state index in [4.69, 9.17) is 4.55 Å². The van der Waals surface area contributed by atoms with Crippen LogP contribution >= 0.6 is 12.6 Å². The number of hydrogen-bond donors (Lipinski definition) is 3. The second-order valence-electron chi connectivity index (χ2n) is 1.86. The molecule has 0 aromatic heterocycles. The van der Waals surface area contributed by atoms with Crippen molar-refractivity contribution in [2.24, 2.45) is 0 Å². The molecule has 0 bridgehead atoms. The van der Waals surface area contributed by atoms with E-state index in [1.54, 1.807) is 0 Å². The zero-order valence-electron chi connectivity index (χ0n) is 5.81. The van der Waals surface area contributed by atoms with Gasteiger partial charge in [0.2, 0.25) is 0 Å². The minimum absolute atomic E-state index is 0.102. The Morgan fingerprint density at radius 1 is 1.73 bits per heavy atom. The van der Waals surface area contributed by atoms with Gasteiger partial charge in [-0.05, 0) is 6.42 Å². The molecule has 0 heterocycles. The quantitative estimate of drug-likeness (QED) is 0.449. The molecule has 0 aromatic carbocycles. The summed E-state index contributed by atoms with van der Waals surface area (Å²) in [4.78, 5) is 10.2. The zero-order chi connectivity index (χ0) is 9.07. The predicted molar refractivity (Wildman–Crippen MR) is 43.1 cm³/mol. The van der Waals surface area contributed by atoms with Crippen LogP contribution in [-0.4, -0.2) is 23.6 Å². The van der Waals surface area contributed by atoms with Crippen LogP contribution in [0, 0.1) is 0 Å². The summed E-state index contributed by atoms with van der Waals surface area (Å²) in [5.74, 6) is 0. The van der Waals surface area contributed by atoms with Crippen LogP contribution < -0.4 is 5.32 Å². The Morgan fingerprint density at radius 2 is 2.18 bits per heavy atom. The van der Waals surface area contributed by atoms with Crippen LogP contribution in [-0.2, 0) is 10.1 Å². The third-order valence-electron chi connectivity index (χ3n) is 1.01. The van der Waals surface area contributed by atoms with Crippen LogP contribution in [0.5, 0.6) is 0 Å². The lowest BCUT2D eigenvalue weighted by Gasteiger charge is -2.10.